The Kier molecular flexibility index (Phi) is 10.2. The van der Waals surface area contributed by atoms with Gasteiger partial charge in [0, 0.05) is 0 Å². The number of hydrogen-bond acceptors (Lipinski definition) is 1. The van der Waals surface area contributed by atoms with Gasteiger partial charge in [0.2, 0.25) is 0 Å². The predicted octanol–water partition coefficient (Wildman–Crippen LogP) is 15.3. The Labute approximate surface area is 340 Å². The van der Waals surface area contributed by atoms with E-state index >= 15 is 0 Å². The van der Waals surface area contributed by atoms with Gasteiger partial charge in [-0.1, -0.05) is 0 Å². The summed E-state index contributed by atoms with van der Waals surface area (Å²) >= 11 is -5.01. The van der Waals surface area contributed by atoms with Crippen LogP contribution in [0.1, 0.15) is 140 Å². The van der Waals surface area contributed by atoms with Gasteiger partial charge >= 0.3 is 343 Å². The molecule has 0 N–H and O–H groups in total. The fourth-order valence-electron chi connectivity index (χ4n) is 10.2. The van der Waals surface area contributed by atoms with Gasteiger partial charge in [-0.15, -0.1) is 0 Å². The van der Waals surface area contributed by atoms with Crippen LogP contribution in [0, 0.1) is 0 Å². The summed E-state index contributed by atoms with van der Waals surface area (Å²) in [5.41, 5.74) is 18.7. The Morgan fingerprint density at radius 3 is 1.53 bits per heavy atom. The van der Waals surface area contributed by atoms with Gasteiger partial charge in [0.05, 0.1) is 0 Å². The molecule has 0 bridgehead atoms. The Balaban J connectivity index is 1.49. The topological polar surface area (TPSA) is 9.23 Å². The number of methoxy groups -OCH3 is 1. The maximum atomic E-state index is 8.82. The fraction of sp³-hybridized carbons (Fsp3) is 0.440. The summed E-state index contributed by atoms with van der Waals surface area (Å²) in [6.45, 7) is 30.1. The molecule has 0 aromatic heterocycles. The molecule has 0 heterocycles. The van der Waals surface area contributed by atoms with Gasteiger partial charge in [-0.3, -0.25) is 0 Å². The molecule has 3 aliphatic carbocycles. The van der Waals surface area contributed by atoms with E-state index in [2.05, 4.69) is 162 Å². The van der Waals surface area contributed by atoms with Gasteiger partial charge in [-0.05, 0) is 0 Å². The summed E-state index contributed by atoms with van der Waals surface area (Å²) in [4.78, 5) is 0. The minimum absolute atomic E-state index is 0.00894. The number of ether oxygens (including phenoxy) is 1. The molecule has 290 valence electrons. The van der Waals surface area contributed by atoms with Crippen LogP contribution in [0.25, 0.3) is 34.4 Å². The van der Waals surface area contributed by atoms with E-state index in [1.165, 1.54) is 84.3 Å². The van der Waals surface area contributed by atoms with Gasteiger partial charge in [-0.25, -0.2) is 0 Å². The number of benzene rings is 4. The molecule has 0 amide bonds. The molecule has 0 saturated heterocycles. The van der Waals surface area contributed by atoms with Crippen LogP contribution in [0.5, 0.6) is 5.75 Å². The van der Waals surface area contributed by atoms with Gasteiger partial charge in [0.25, 0.3) is 0 Å². The normalized spacial score (nSPS) is 18.5. The molecular formula is C50H62Cl2OSiZr. The van der Waals surface area contributed by atoms with Crippen LogP contribution in [0.2, 0.25) is 13.1 Å². The molecule has 55 heavy (non-hydrogen) atoms. The maximum absolute atomic E-state index is 8.82. The zero-order chi connectivity index (χ0) is 40.2. The predicted molar refractivity (Wildman–Crippen MR) is 240 cm³/mol. The van der Waals surface area contributed by atoms with Gasteiger partial charge in [0.1, 0.15) is 0 Å². The Bertz CT molecular complexity index is 2360. The summed E-state index contributed by atoms with van der Waals surface area (Å²) < 4.78 is 6.44. The average Bonchev–Trinajstić information content (AvgIpc) is 3.79. The van der Waals surface area contributed by atoms with Crippen LogP contribution in [0.15, 0.2) is 71.8 Å². The second-order valence-corrected chi connectivity index (χ2v) is 59.1. The molecule has 5 heteroatoms. The van der Waals surface area contributed by atoms with E-state index < -0.39 is 20.4 Å². The number of allylic oxidation sites excluding steroid dienone is 2. The van der Waals surface area contributed by atoms with Crippen LogP contribution in [-0.4, -0.2) is 12.5 Å². The molecule has 1 nitrogen and oxygen atoms in total. The van der Waals surface area contributed by atoms with Crippen molar-refractivity contribution in [3.63, 3.8) is 0 Å². The molecule has 0 aliphatic heterocycles. The summed E-state index contributed by atoms with van der Waals surface area (Å²) in [6, 6.07) is 23.6. The molecule has 2 unspecified atom stereocenters. The number of fused-ring (bicyclic) bond motifs is 3. The average molecular weight is 869 g/mol. The summed E-state index contributed by atoms with van der Waals surface area (Å²) in [7, 11) is 19.5. The molecule has 0 radical (unpaired) electrons. The molecule has 0 spiro atoms. The monoisotopic (exact) mass is 866 g/mol. The third-order valence-corrected chi connectivity index (χ3v) is 60.2. The molecule has 7 rings (SSSR count). The summed E-state index contributed by atoms with van der Waals surface area (Å²) in [5.74, 6) is 0.955. The van der Waals surface area contributed by atoms with Crippen molar-refractivity contribution >= 4 is 34.6 Å². The van der Waals surface area contributed by atoms with Crippen molar-refractivity contribution in [3.05, 3.63) is 122 Å². The van der Waals surface area contributed by atoms with E-state index in [9.17, 15) is 0 Å². The standard InChI is InChI=1S/C25H31O.C23H25.C2H6Si.2ClH.Zr/c1-16-13-18-15-21(25(5,6)7)23(26-8)22(20(18)14-16)17-9-11-19(12-10-17)24(2,3)4;1-15-12-18-14-17-6-5-7-20(17)22(21(18)13-15)16-8-10-19(11-9-16)23(2,3)4;1-3-2;;;/h9-15H,1-8H3;8-14H,5-7H2,1-4H3;1-2H3;2*1H;/q;;;;;+2/p-2. The van der Waals surface area contributed by atoms with Crippen molar-refractivity contribution in [1.29, 1.82) is 0 Å². The minimum atomic E-state index is -5.01. The zero-order valence-electron chi connectivity index (χ0n) is 35.9. The molecule has 4 aromatic rings. The first-order valence-corrected chi connectivity index (χ1v) is 35.7. The van der Waals surface area contributed by atoms with Crippen molar-refractivity contribution in [2.24, 2.45) is 0 Å². The third-order valence-electron chi connectivity index (χ3n) is 13.2. The second kappa shape index (κ2) is 13.7. The SMILES string of the molecule is COc1c(C(C)(C)C)cc2c(c1-c1ccc(C(C)(C)C)cc1)C=C(C)[CH]2[Zr]([Cl])([Cl])([CH]1C(C)=Cc2c1cc1c(c2-c2ccc(C(C)(C)C)cc2)CCC1)=[Si](C)C. The third kappa shape index (κ3) is 6.59. The van der Waals surface area contributed by atoms with Crippen molar-refractivity contribution in [2.75, 3.05) is 7.11 Å². The molecule has 2 atom stereocenters. The quantitative estimate of drug-likeness (QED) is 0.182. The van der Waals surface area contributed by atoms with E-state index in [1.807, 2.05) is 7.11 Å². The molecule has 0 fully saturated rings. The van der Waals surface area contributed by atoms with Gasteiger partial charge < -0.3 is 0 Å². The molecule has 3 aliphatic rings. The first kappa shape index (κ1) is 41.0. The van der Waals surface area contributed by atoms with Gasteiger partial charge in [-0.2, -0.15) is 0 Å². The second-order valence-electron chi connectivity index (χ2n) is 20.3. The molecular weight excluding hydrogens is 807 g/mol. The first-order valence-electron chi connectivity index (χ1n) is 20.4. The van der Waals surface area contributed by atoms with Crippen molar-refractivity contribution < 1.29 is 19.7 Å². The number of rotatable bonds is 5. The zero-order valence-corrected chi connectivity index (χ0v) is 40.8. The summed E-state index contributed by atoms with van der Waals surface area (Å²) in [6.07, 6.45) is 8.34. The molecule has 4 aromatic carbocycles. The van der Waals surface area contributed by atoms with Crippen molar-refractivity contribution in [1.82, 2.24) is 0 Å². The van der Waals surface area contributed by atoms with E-state index in [-0.39, 0.29) is 23.5 Å². The Morgan fingerprint density at radius 1 is 0.636 bits per heavy atom. The number of hydrogen-bond donors (Lipinski definition) is 0. The van der Waals surface area contributed by atoms with Crippen LogP contribution in [0.4, 0.5) is 0 Å². The van der Waals surface area contributed by atoms with E-state index in [0.717, 1.165) is 24.2 Å². The number of aryl methyl sites for hydroxylation is 1. The van der Waals surface area contributed by atoms with Gasteiger partial charge in [0.15, 0.2) is 0 Å². The van der Waals surface area contributed by atoms with Crippen LogP contribution in [-0.2, 0) is 44.1 Å². The first-order chi connectivity index (χ1) is 25.5. The van der Waals surface area contributed by atoms with E-state index in [0.29, 0.717) is 0 Å². The van der Waals surface area contributed by atoms with Crippen LogP contribution in [0.3, 0.4) is 0 Å². The summed E-state index contributed by atoms with van der Waals surface area (Å²) in [5, 5.41) is 0. The number of halogens is 2. The molecule has 0 saturated carbocycles. The van der Waals surface area contributed by atoms with Crippen molar-refractivity contribution in [2.45, 2.75) is 132 Å². The fourth-order valence-corrected chi connectivity index (χ4v) is 40.6. The van der Waals surface area contributed by atoms with Crippen molar-refractivity contribution in [3.8, 4) is 28.0 Å². The Hall–Kier alpha value is -2.16. The van der Waals surface area contributed by atoms with E-state index in [1.54, 1.807) is 0 Å². The Morgan fingerprint density at radius 2 is 1.09 bits per heavy atom. The van der Waals surface area contributed by atoms with Crippen LogP contribution >= 0.6 is 17.0 Å². The van der Waals surface area contributed by atoms with E-state index in [4.69, 9.17) is 21.8 Å². The van der Waals surface area contributed by atoms with Crippen LogP contribution < -0.4 is 4.74 Å².